The average Bonchev–Trinajstić information content (AvgIpc) is 3.13. The lowest BCUT2D eigenvalue weighted by Gasteiger charge is -2.12. The molecule has 0 fully saturated rings. The van der Waals surface area contributed by atoms with E-state index < -0.39 is 16.9 Å². The number of fused-ring (bicyclic) bond motifs is 1. The van der Waals surface area contributed by atoms with Crippen molar-refractivity contribution in [1.82, 2.24) is 4.98 Å². The minimum Gasteiger partial charge on any atom is -0.493 e. The van der Waals surface area contributed by atoms with Crippen LogP contribution in [0.15, 0.2) is 36.4 Å². The number of ether oxygens (including phenoxy) is 3. The summed E-state index contributed by atoms with van der Waals surface area (Å²) in [6.45, 7) is 0. The highest BCUT2D eigenvalue weighted by molar-refractivity contribution is 5.99. The maximum atomic E-state index is 11.6. The van der Waals surface area contributed by atoms with Crippen LogP contribution in [0, 0.1) is 10.1 Å². The van der Waals surface area contributed by atoms with Crippen molar-refractivity contribution < 1.29 is 33.8 Å². The Labute approximate surface area is 163 Å². The van der Waals surface area contributed by atoms with Gasteiger partial charge in [0.2, 0.25) is 5.75 Å². The van der Waals surface area contributed by atoms with Gasteiger partial charge in [-0.25, -0.2) is 4.79 Å². The van der Waals surface area contributed by atoms with Gasteiger partial charge in [-0.2, -0.15) is 0 Å². The average molecular weight is 400 g/mol. The number of aromatic amines is 1. The Bertz CT molecular complexity index is 1120. The summed E-state index contributed by atoms with van der Waals surface area (Å²) in [4.78, 5) is 36.2. The van der Waals surface area contributed by atoms with Crippen molar-refractivity contribution in [3.8, 4) is 17.2 Å². The molecule has 0 atom stereocenters. The van der Waals surface area contributed by atoms with Crippen LogP contribution in [0.3, 0.4) is 0 Å². The molecule has 1 heterocycles. The van der Waals surface area contributed by atoms with Crippen molar-refractivity contribution in [2.75, 3.05) is 14.2 Å². The van der Waals surface area contributed by atoms with Crippen LogP contribution < -0.4 is 9.47 Å². The summed E-state index contributed by atoms with van der Waals surface area (Å²) >= 11 is 0. The summed E-state index contributed by atoms with van der Waals surface area (Å²) in [6.07, 6.45) is 0.0283. The van der Waals surface area contributed by atoms with Crippen LogP contribution in [0.25, 0.3) is 10.9 Å². The summed E-state index contributed by atoms with van der Waals surface area (Å²) in [5, 5.41) is 20.9. The zero-order chi connectivity index (χ0) is 21.1. The van der Waals surface area contributed by atoms with E-state index in [1.807, 2.05) is 0 Å². The fourth-order valence-corrected chi connectivity index (χ4v) is 2.82. The van der Waals surface area contributed by atoms with Gasteiger partial charge in [0, 0.05) is 0 Å². The van der Waals surface area contributed by atoms with E-state index in [9.17, 15) is 19.7 Å². The SMILES string of the molecule is COC(=O)Cc1ccc(Oc2ccc3[nH]c(C(=O)O)cc3c2[N+](=O)[O-])c(OC)c1. The Balaban J connectivity index is 2.03. The van der Waals surface area contributed by atoms with Gasteiger partial charge in [0.05, 0.1) is 36.5 Å². The van der Waals surface area contributed by atoms with Crippen LogP contribution in [0.2, 0.25) is 0 Å². The molecule has 10 nitrogen and oxygen atoms in total. The van der Waals surface area contributed by atoms with Gasteiger partial charge in [-0.05, 0) is 35.9 Å². The van der Waals surface area contributed by atoms with Crippen molar-refractivity contribution in [3.63, 3.8) is 0 Å². The van der Waals surface area contributed by atoms with E-state index in [1.54, 1.807) is 12.1 Å². The highest BCUT2D eigenvalue weighted by Crippen LogP contribution is 2.40. The summed E-state index contributed by atoms with van der Waals surface area (Å²) in [6, 6.07) is 8.73. The summed E-state index contributed by atoms with van der Waals surface area (Å²) < 4.78 is 15.6. The summed E-state index contributed by atoms with van der Waals surface area (Å²) in [7, 11) is 2.68. The van der Waals surface area contributed by atoms with Crippen molar-refractivity contribution in [1.29, 1.82) is 0 Å². The highest BCUT2D eigenvalue weighted by atomic mass is 16.6. The molecule has 150 valence electrons. The number of aromatic nitrogens is 1. The van der Waals surface area contributed by atoms with E-state index in [2.05, 4.69) is 9.72 Å². The Morgan fingerprint density at radius 2 is 1.83 bits per heavy atom. The number of carbonyl (C=O) groups is 2. The van der Waals surface area contributed by atoms with Gasteiger partial charge in [0.25, 0.3) is 0 Å². The number of nitrogens with one attached hydrogen (secondary N) is 1. The normalized spacial score (nSPS) is 10.6. The fraction of sp³-hybridized carbons (Fsp3) is 0.158. The van der Waals surface area contributed by atoms with Crippen molar-refractivity contribution in [2.24, 2.45) is 0 Å². The first kappa shape index (κ1) is 19.7. The van der Waals surface area contributed by atoms with Crippen molar-refractivity contribution in [3.05, 3.63) is 57.8 Å². The third-order valence-corrected chi connectivity index (χ3v) is 4.18. The number of carbonyl (C=O) groups excluding carboxylic acids is 1. The van der Waals surface area contributed by atoms with Crippen LogP contribution in [-0.4, -0.2) is 41.2 Å². The molecule has 3 aromatic rings. The molecule has 0 radical (unpaired) electrons. The van der Waals surface area contributed by atoms with Gasteiger partial charge in [0.15, 0.2) is 11.5 Å². The van der Waals surface area contributed by atoms with Crippen LogP contribution in [0.5, 0.6) is 17.2 Å². The molecule has 3 rings (SSSR count). The van der Waals surface area contributed by atoms with E-state index in [4.69, 9.17) is 14.6 Å². The second-order valence-electron chi connectivity index (χ2n) is 5.96. The second kappa shape index (κ2) is 7.89. The van der Waals surface area contributed by atoms with Gasteiger partial charge in [-0.15, -0.1) is 0 Å². The van der Waals surface area contributed by atoms with E-state index in [1.165, 1.54) is 38.5 Å². The van der Waals surface area contributed by atoms with Gasteiger partial charge >= 0.3 is 17.6 Å². The number of carboxylic acid groups (broad SMARTS) is 1. The van der Waals surface area contributed by atoms with Crippen LogP contribution in [0.1, 0.15) is 16.1 Å². The summed E-state index contributed by atoms with van der Waals surface area (Å²) in [5.74, 6) is -1.29. The first-order chi connectivity index (χ1) is 13.8. The number of esters is 1. The van der Waals surface area contributed by atoms with E-state index >= 15 is 0 Å². The number of nitrogens with zero attached hydrogens (tertiary/aromatic N) is 1. The van der Waals surface area contributed by atoms with Crippen LogP contribution in [-0.2, 0) is 16.0 Å². The number of H-pyrrole nitrogens is 1. The smallest absolute Gasteiger partial charge is 0.352 e. The van der Waals surface area contributed by atoms with E-state index in [0.29, 0.717) is 11.1 Å². The van der Waals surface area contributed by atoms with Gasteiger partial charge in [-0.3, -0.25) is 14.9 Å². The maximum absolute atomic E-state index is 11.6. The lowest BCUT2D eigenvalue weighted by atomic mass is 10.1. The second-order valence-corrected chi connectivity index (χ2v) is 5.96. The molecule has 2 N–H and O–H groups in total. The minimum atomic E-state index is -1.24. The molecule has 0 aliphatic carbocycles. The molecule has 1 aromatic heterocycles. The van der Waals surface area contributed by atoms with Gasteiger partial charge < -0.3 is 24.3 Å². The number of aromatic carboxylic acids is 1. The lowest BCUT2D eigenvalue weighted by molar-refractivity contribution is -0.383. The zero-order valence-corrected chi connectivity index (χ0v) is 15.4. The first-order valence-corrected chi connectivity index (χ1v) is 8.29. The number of carboxylic acids is 1. The Morgan fingerprint density at radius 3 is 2.45 bits per heavy atom. The van der Waals surface area contributed by atoms with E-state index in [0.717, 1.165) is 0 Å². The monoisotopic (exact) mass is 400 g/mol. The molecule has 29 heavy (non-hydrogen) atoms. The molecule has 2 aromatic carbocycles. The molecule has 0 unspecified atom stereocenters. The zero-order valence-electron chi connectivity index (χ0n) is 15.4. The molecule has 0 aliphatic rings. The molecular weight excluding hydrogens is 384 g/mol. The minimum absolute atomic E-state index is 0.0283. The number of rotatable bonds is 7. The molecule has 0 bridgehead atoms. The number of methoxy groups -OCH3 is 2. The number of nitro benzene ring substituents is 1. The Kier molecular flexibility index (Phi) is 5.35. The topological polar surface area (TPSA) is 141 Å². The van der Waals surface area contributed by atoms with Crippen molar-refractivity contribution >= 4 is 28.5 Å². The highest BCUT2D eigenvalue weighted by Gasteiger charge is 2.24. The Morgan fingerprint density at radius 1 is 1.10 bits per heavy atom. The fourth-order valence-electron chi connectivity index (χ4n) is 2.82. The van der Waals surface area contributed by atoms with Crippen LogP contribution in [0.4, 0.5) is 5.69 Å². The van der Waals surface area contributed by atoms with Crippen molar-refractivity contribution in [2.45, 2.75) is 6.42 Å². The third-order valence-electron chi connectivity index (χ3n) is 4.18. The number of hydrogen-bond donors (Lipinski definition) is 2. The molecule has 0 saturated carbocycles. The molecule has 0 amide bonds. The molecule has 0 spiro atoms. The standard InChI is InChI=1S/C19H16N2O8/c1-27-16-7-10(8-17(22)28-2)3-5-14(16)29-15-6-4-12-11(18(15)21(25)26)9-13(20-12)19(23)24/h3-7,9,20H,8H2,1-2H3,(H,23,24). The molecule has 10 heteroatoms. The van der Waals surface area contributed by atoms with E-state index in [-0.39, 0.29) is 40.4 Å². The first-order valence-electron chi connectivity index (χ1n) is 8.29. The predicted octanol–water partition coefficient (Wildman–Crippen LogP) is 3.29. The predicted molar refractivity (Wildman–Crippen MR) is 101 cm³/mol. The quantitative estimate of drug-likeness (QED) is 0.350. The molecular formula is C19H16N2O8. The van der Waals surface area contributed by atoms with Gasteiger partial charge in [-0.1, -0.05) is 6.07 Å². The number of hydrogen-bond acceptors (Lipinski definition) is 7. The van der Waals surface area contributed by atoms with Gasteiger partial charge in [0.1, 0.15) is 5.69 Å². The maximum Gasteiger partial charge on any atom is 0.352 e. The number of nitro groups is 1. The van der Waals surface area contributed by atoms with Crippen LogP contribution >= 0.6 is 0 Å². The lowest BCUT2D eigenvalue weighted by Crippen LogP contribution is -2.04. The Hall–Kier alpha value is -4.08. The molecule has 0 saturated heterocycles. The molecule has 0 aliphatic heterocycles. The summed E-state index contributed by atoms with van der Waals surface area (Å²) in [5.41, 5.74) is 0.349. The largest absolute Gasteiger partial charge is 0.493 e. The number of benzene rings is 2. The third kappa shape index (κ3) is 3.95.